The Hall–Kier alpha value is -2.34. The van der Waals surface area contributed by atoms with Crippen molar-refractivity contribution in [3.63, 3.8) is 0 Å². The van der Waals surface area contributed by atoms with Crippen LogP contribution < -0.4 is 10.1 Å². The average Bonchev–Trinajstić information content (AvgIpc) is 3.26. The summed E-state index contributed by atoms with van der Waals surface area (Å²) < 4.78 is 10.6. The van der Waals surface area contributed by atoms with E-state index in [1.807, 2.05) is 18.2 Å². The Morgan fingerprint density at radius 1 is 1.17 bits per heavy atom. The van der Waals surface area contributed by atoms with Gasteiger partial charge in [-0.1, -0.05) is 36.6 Å². The van der Waals surface area contributed by atoms with Crippen molar-refractivity contribution in [3.05, 3.63) is 47.3 Å². The number of rotatable bonds is 6. The first-order valence-electron chi connectivity index (χ1n) is 10.8. The number of carbonyl (C=O) groups excluding carboxylic acids is 1. The van der Waals surface area contributed by atoms with Crippen molar-refractivity contribution in [1.82, 2.24) is 15.4 Å². The molecule has 0 bridgehead atoms. The number of amides is 1. The molecule has 6 nitrogen and oxygen atoms in total. The number of methoxy groups -OCH3 is 1. The number of nitrogens with zero attached hydrogens (tertiary/aromatic N) is 2. The van der Waals surface area contributed by atoms with Gasteiger partial charge in [-0.15, -0.1) is 0 Å². The van der Waals surface area contributed by atoms with E-state index in [1.54, 1.807) is 7.11 Å². The van der Waals surface area contributed by atoms with Gasteiger partial charge in [-0.05, 0) is 49.9 Å². The van der Waals surface area contributed by atoms with Gasteiger partial charge in [0.25, 0.3) is 5.91 Å². The number of nitrogens with one attached hydrogen (secondary N) is 1. The first-order chi connectivity index (χ1) is 14.2. The molecule has 0 unspecified atom stereocenters. The fraction of sp³-hybridized carbons (Fsp3) is 0.565. The molecule has 1 saturated heterocycles. The monoisotopic (exact) mass is 397 g/mol. The highest BCUT2D eigenvalue weighted by Crippen LogP contribution is 2.28. The first kappa shape index (κ1) is 20.0. The Kier molecular flexibility index (Phi) is 6.49. The Labute approximate surface area is 172 Å². The molecule has 6 heteroatoms. The lowest BCUT2D eigenvalue weighted by Gasteiger charge is -2.31. The van der Waals surface area contributed by atoms with Crippen molar-refractivity contribution in [2.75, 3.05) is 20.2 Å². The average molecular weight is 398 g/mol. The molecule has 0 spiro atoms. The summed E-state index contributed by atoms with van der Waals surface area (Å²) in [7, 11) is 1.69. The van der Waals surface area contributed by atoms with Gasteiger partial charge in [0.05, 0.1) is 12.8 Å². The highest BCUT2D eigenvalue weighted by atomic mass is 16.5. The van der Waals surface area contributed by atoms with Crippen LogP contribution in [0.15, 0.2) is 34.9 Å². The van der Waals surface area contributed by atoms with Gasteiger partial charge in [0.2, 0.25) is 5.76 Å². The van der Waals surface area contributed by atoms with Crippen molar-refractivity contribution < 1.29 is 14.1 Å². The number of likely N-dealkylation sites (tertiary alicyclic amines) is 1. The third kappa shape index (κ3) is 5.18. The highest BCUT2D eigenvalue weighted by molar-refractivity contribution is 5.91. The van der Waals surface area contributed by atoms with E-state index in [2.05, 4.69) is 27.5 Å². The number of hydrogen-bond acceptors (Lipinski definition) is 5. The maximum Gasteiger partial charge on any atom is 0.290 e. The van der Waals surface area contributed by atoms with Crippen molar-refractivity contribution in [1.29, 1.82) is 0 Å². The van der Waals surface area contributed by atoms with Gasteiger partial charge in [-0.25, -0.2) is 0 Å². The molecule has 1 aromatic carbocycles. The van der Waals surface area contributed by atoms with E-state index in [4.69, 9.17) is 9.26 Å². The zero-order valence-electron chi connectivity index (χ0n) is 17.2. The number of benzene rings is 1. The summed E-state index contributed by atoms with van der Waals surface area (Å²) >= 11 is 0. The summed E-state index contributed by atoms with van der Waals surface area (Å²) in [5, 5.41) is 7.35. The van der Waals surface area contributed by atoms with Crippen LogP contribution in [-0.4, -0.2) is 42.2 Å². The van der Waals surface area contributed by atoms with E-state index in [0.717, 1.165) is 56.8 Å². The SMILES string of the molecule is COc1ccc(CN2CCC[C@H](c3cc(C(=O)NC4CCCCC4)on3)C2)cc1. The third-order valence-electron chi connectivity index (χ3n) is 6.18. The first-order valence-corrected chi connectivity index (χ1v) is 10.8. The summed E-state index contributed by atoms with van der Waals surface area (Å²) in [6.07, 6.45) is 7.99. The number of piperidine rings is 1. The molecule has 1 saturated carbocycles. The lowest BCUT2D eigenvalue weighted by molar-refractivity contribution is 0.0890. The van der Waals surface area contributed by atoms with Gasteiger partial charge in [0.1, 0.15) is 5.75 Å². The summed E-state index contributed by atoms with van der Waals surface area (Å²) in [6, 6.07) is 10.4. The Balaban J connectivity index is 1.33. The molecule has 2 heterocycles. The second kappa shape index (κ2) is 9.44. The van der Waals surface area contributed by atoms with Crippen LogP contribution in [0.1, 0.15) is 72.7 Å². The minimum Gasteiger partial charge on any atom is -0.497 e. The van der Waals surface area contributed by atoms with Crippen LogP contribution in [0.3, 0.4) is 0 Å². The second-order valence-electron chi connectivity index (χ2n) is 8.35. The standard InChI is InChI=1S/C23H31N3O3/c1-28-20-11-9-17(10-12-20)15-26-13-5-6-18(16-26)21-14-22(29-25-21)23(27)24-19-7-3-2-4-8-19/h9-12,14,18-19H,2-8,13,15-16H2,1H3,(H,24,27)/t18-/m0/s1. The molecule has 2 aliphatic rings. The topological polar surface area (TPSA) is 67.6 Å². The summed E-state index contributed by atoms with van der Waals surface area (Å²) in [5.41, 5.74) is 2.18. The van der Waals surface area contributed by atoms with Crippen molar-refractivity contribution in [3.8, 4) is 5.75 Å². The molecule has 2 aromatic rings. The lowest BCUT2D eigenvalue weighted by Crippen LogP contribution is -2.36. The Bertz CT molecular complexity index is 796. The molecule has 1 amide bonds. The summed E-state index contributed by atoms with van der Waals surface area (Å²) in [4.78, 5) is 15.0. The molecule has 1 atom stereocenters. The molecule has 29 heavy (non-hydrogen) atoms. The van der Waals surface area contributed by atoms with Crippen LogP contribution in [-0.2, 0) is 6.54 Å². The van der Waals surface area contributed by atoms with Crippen LogP contribution in [0.25, 0.3) is 0 Å². The number of aromatic nitrogens is 1. The van der Waals surface area contributed by atoms with E-state index >= 15 is 0 Å². The van der Waals surface area contributed by atoms with E-state index in [1.165, 1.54) is 24.8 Å². The van der Waals surface area contributed by atoms with Crippen LogP contribution in [0, 0.1) is 0 Å². The molecule has 2 fully saturated rings. The maximum absolute atomic E-state index is 12.5. The maximum atomic E-state index is 12.5. The minimum absolute atomic E-state index is 0.124. The van der Waals surface area contributed by atoms with Gasteiger partial charge in [0.15, 0.2) is 0 Å². The number of hydrogen-bond donors (Lipinski definition) is 1. The number of ether oxygens (including phenoxy) is 1. The normalized spacial score (nSPS) is 21.1. The molecule has 1 N–H and O–H groups in total. The van der Waals surface area contributed by atoms with Gasteiger partial charge in [-0.3, -0.25) is 9.69 Å². The molecule has 1 aliphatic heterocycles. The Morgan fingerprint density at radius 2 is 1.97 bits per heavy atom. The zero-order chi connectivity index (χ0) is 20.1. The van der Waals surface area contributed by atoms with Crippen LogP contribution in [0.2, 0.25) is 0 Å². The van der Waals surface area contributed by atoms with Crippen LogP contribution in [0.5, 0.6) is 5.75 Å². The molecule has 4 rings (SSSR count). The van der Waals surface area contributed by atoms with E-state index in [9.17, 15) is 4.79 Å². The zero-order valence-corrected chi connectivity index (χ0v) is 17.2. The predicted octanol–water partition coefficient (Wildman–Crippen LogP) is 4.13. The van der Waals surface area contributed by atoms with Gasteiger partial charge in [0, 0.05) is 31.1 Å². The summed E-state index contributed by atoms with van der Waals surface area (Å²) in [6.45, 7) is 2.92. The largest absolute Gasteiger partial charge is 0.497 e. The molecular formula is C23H31N3O3. The fourth-order valence-electron chi connectivity index (χ4n) is 4.52. The van der Waals surface area contributed by atoms with Gasteiger partial charge >= 0.3 is 0 Å². The summed E-state index contributed by atoms with van der Waals surface area (Å²) in [5.74, 6) is 1.41. The van der Waals surface area contributed by atoms with E-state index in [0.29, 0.717) is 11.7 Å². The molecule has 1 aliphatic carbocycles. The van der Waals surface area contributed by atoms with E-state index in [-0.39, 0.29) is 11.9 Å². The van der Waals surface area contributed by atoms with Crippen molar-refractivity contribution in [2.45, 2.75) is 63.5 Å². The van der Waals surface area contributed by atoms with E-state index < -0.39 is 0 Å². The fourth-order valence-corrected chi connectivity index (χ4v) is 4.52. The molecule has 1 aromatic heterocycles. The van der Waals surface area contributed by atoms with Gasteiger partial charge in [-0.2, -0.15) is 0 Å². The molecule has 156 valence electrons. The second-order valence-corrected chi connectivity index (χ2v) is 8.35. The highest BCUT2D eigenvalue weighted by Gasteiger charge is 2.26. The van der Waals surface area contributed by atoms with Crippen LogP contribution in [0.4, 0.5) is 0 Å². The van der Waals surface area contributed by atoms with Crippen LogP contribution >= 0.6 is 0 Å². The third-order valence-corrected chi connectivity index (χ3v) is 6.18. The van der Waals surface area contributed by atoms with Crippen molar-refractivity contribution >= 4 is 5.91 Å². The van der Waals surface area contributed by atoms with Gasteiger partial charge < -0.3 is 14.6 Å². The van der Waals surface area contributed by atoms with Crippen molar-refractivity contribution in [2.24, 2.45) is 0 Å². The predicted molar refractivity (Wildman–Crippen MR) is 111 cm³/mol. The quantitative estimate of drug-likeness (QED) is 0.794. The molecular weight excluding hydrogens is 366 g/mol. The Morgan fingerprint density at radius 3 is 2.72 bits per heavy atom. The minimum atomic E-state index is -0.124. The number of carbonyl (C=O) groups is 1. The smallest absolute Gasteiger partial charge is 0.290 e. The lowest BCUT2D eigenvalue weighted by atomic mass is 9.94. The molecule has 0 radical (unpaired) electrons.